The summed E-state index contributed by atoms with van der Waals surface area (Å²) >= 11 is 3.00. The number of halogens is 1. The third kappa shape index (κ3) is 3.61. The summed E-state index contributed by atoms with van der Waals surface area (Å²) in [5.41, 5.74) is 8.49. The van der Waals surface area contributed by atoms with Crippen molar-refractivity contribution in [2.45, 2.75) is 42.9 Å². The van der Waals surface area contributed by atoms with Crippen LogP contribution in [0.3, 0.4) is 0 Å². The molecule has 1 unspecified atom stereocenters. The van der Waals surface area contributed by atoms with Crippen LogP contribution in [0, 0.1) is 17.1 Å². The van der Waals surface area contributed by atoms with Crippen molar-refractivity contribution < 1.29 is 9.18 Å². The fourth-order valence-electron chi connectivity index (χ4n) is 3.86. The average Bonchev–Trinajstić information content (AvgIpc) is 3.20. The third-order valence-electron chi connectivity index (χ3n) is 5.11. The second kappa shape index (κ2) is 8.58. The van der Waals surface area contributed by atoms with E-state index >= 15 is 0 Å². The van der Waals surface area contributed by atoms with Crippen LogP contribution in [0.25, 0.3) is 0 Å². The van der Waals surface area contributed by atoms with Gasteiger partial charge in [-0.05, 0) is 37.0 Å². The van der Waals surface area contributed by atoms with E-state index in [0.29, 0.717) is 35.5 Å². The Bertz CT molecular complexity index is 1100. The number of aromatic nitrogens is 2. The van der Waals surface area contributed by atoms with Crippen LogP contribution in [0.1, 0.15) is 44.1 Å². The molecule has 154 valence electrons. The van der Waals surface area contributed by atoms with Crippen LogP contribution in [0.5, 0.6) is 0 Å². The van der Waals surface area contributed by atoms with E-state index in [2.05, 4.69) is 23.2 Å². The zero-order valence-corrected chi connectivity index (χ0v) is 18.0. The molecule has 0 amide bonds. The van der Waals surface area contributed by atoms with Crippen LogP contribution in [0.2, 0.25) is 0 Å². The second-order valence-electron chi connectivity index (χ2n) is 7.07. The summed E-state index contributed by atoms with van der Waals surface area (Å²) in [7, 11) is 0. The van der Waals surface area contributed by atoms with Crippen molar-refractivity contribution in [1.29, 1.82) is 5.26 Å². The Hall–Kier alpha value is -2.70. The summed E-state index contributed by atoms with van der Waals surface area (Å²) in [4.78, 5) is 14.7. The minimum absolute atomic E-state index is 0.0409. The first-order chi connectivity index (χ1) is 14.5. The highest BCUT2D eigenvalue weighted by molar-refractivity contribution is 8.01. The Morgan fingerprint density at radius 3 is 2.97 bits per heavy atom. The number of rotatable bonds is 5. The fraction of sp³-hybridized carbons (Fsp3) is 0.333. The number of hydrogen-bond donors (Lipinski definition) is 1. The minimum atomic E-state index is -0.674. The van der Waals surface area contributed by atoms with Gasteiger partial charge in [0.15, 0.2) is 10.1 Å². The van der Waals surface area contributed by atoms with E-state index in [9.17, 15) is 14.4 Å². The molecular formula is C21H20FN5OS2. The number of Topliss-reactive ketones (excluding diaryl/α,β-unsaturated/α-hetero) is 1. The largest absolute Gasteiger partial charge is 0.384 e. The average molecular weight is 442 g/mol. The molecule has 1 atom stereocenters. The standard InChI is InChI=1S/C21H20FN5OS2/c1-2-9-29-21-26-25-20(30-21)27-15-7-4-8-16(28)18(15)17(14(11-23)19(27)24)12-5-3-6-13(22)10-12/h3,5-6,10,17H,2,4,7-9,24H2,1H3. The van der Waals surface area contributed by atoms with Crippen molar-refractivity contribution in [3.63, 3.8) is 0 Å². The zero-order valence-electron chi connectivity index (χ0n) is 16.4. The molecule has 1 aromatic heterocycles. The van der Waals surface area contributed by atoms with Crippen molar-refractivity contribution in [2.75, 3.05) is 10.7 Å². The number of carbonyl (C=O) groups is 1. The highest BCUT2D eigenvalue weighted by Gasteiger charge is 2.41. The molecule has 0 saturated carbocycles. The first-order valence-electron chi connectivity index (χ1n) is 9.73. The lowest BCUT2D eigenvalue weighted by Gasteiger charge is -2.38. The molecule has 0 radical (unpaired) electrons. The normalized spacial score (nSPS) is 19.2. The van der Waals surface area contributed by atoms with Gasteiger partial charge in [-0.2, -0.15) is 5.26 Å². The number of benzene rings is 1. The van der Waals surface area contributed by atoms with Crippen LogP contribution in [0.15, 0.2) is 51.3 Å². The highest BCUT2D eigenvalue weighted by Crippen LogP contribution is 2.47. The molecule has 2 N–H and O–H groups in total. The summed E-state index contributed by atoms with van der Waals surface area (Å²) in [6.07, 6.45) is 2.73. The van der Waals surface area contributed by atoms with Gasteiger partial charge in [-0.3, -0.25) is 9.69 Å². The maximum atomic E-state index is 14.0. The molecule has 2 aliphatic rings. The van der Waals surface area contributed by atoms with E-state index in [1.807, 2.05) is 0 Å². The maximum absolute atomic E-state index is 14.0. The third-order valence-corrected chi connectivity index (χ3v) is 7.36. The lowest BCUT2D eigenvalue weighted by molar-refractivity contribution is -0.116. The van der Waals surface area contributed by atoms with Crippen LogP contribution >= 0.6 is 23.1 Å². The summed E-state index contributed by atoms with van der Waals surface area (Å²) in [5, 5.41) is 19.0. The molecule has 2 heterocycles. The molecule has 1 aliphatic heterocycles. The second-order valence-corrected chi connectivity index (χ2v) is 9.37. The molecule has 30 heavy (non-hydrogen) atoms. The van der Waals surface area contributed by atoms with Gasteiger partial charge in [0.25, 0.3) is 0 Å². The number of thioether (sulfide) groups is 1. The van der Waals surface area contributed by atoms with Crippen molar-refractivity contribution in [3.05, 3.63) is 58.3 Å². The molecule has 9 heteroatoms. The number of nitrogens with zero attached hydrogens (tertiary/aromatic N) is 4. The number of allylic oxidation sites excluding steroid dienone is 3. The minimum Gasteiger partial charge on any atom is -0.384 e. The van der Waals surface area contributed by atoms with Gasteiger partial charge in [-0.25, -0.2) is 4.39 Å². The molecule has 2 aromatic rings. The number of anilines is 1. The molecule has 1 aliphatic carbocycles. The van der Waals surface area contributed by atoms with E-state index in [4.69, 9.17) is 5.73 Å². The lowest BCUT2D eigenvalue weighted by atomic mass is 9.76. The Balaban J connectivity index is 1.87. The monoisotopic (exact) mass is 441 g/mol. The first-order valence-corrected chi connectivity index (χ1v) is 11.5. The van der Waals surface area contributed by atoms with E-state index in [1.54, 1.807) is 28.8 Å². The van der Waals surface area contributed by atoms with Gasteiger partial charge in [0.05, 0.1) is 17.6 Å². The van der Waals surface area contributed by atoms with Gasteiger partial charge in [0.2, 0.25) is 5.13 Å². The van der Waals surface area contributed by atoms with Crippen LogP contribution in [-0.2, 0) is 4.79 Å². The molecule has 6 nitrogen and oxygen atoms in total. The molecule has 4 rings (SSSR count). The molecule has 0 fully saturated rings. The molecule has 0 spiro atoms. The number of ketones is 1. The van der Waals surface area contributed by atoms with Gasteiger partial charge in [-0.15, -0.1) is 10.2 Å². The number of nitrogens with two attached hydrogens (primary N) is 1. The van der Waals surface area contributed by atoms with Crippen molar-refractivity contribution in [1.82, 2.24) is 10.2 Å². The van der Waals surface area contributed by atoms with E-state index in [0.717, 1.165) is 22.2 Å². The number of hydrogen-bond acceptors (Lipinski definition) is 8. The summed E-state index contributed by atoms with van der Waals surface area (Å²) in [6, 6.07) is 8.18. The van der Waals surface area contributed by atoms with Crippen molar-refractivity contribution in [3.8, 4) is 6.07 Å². The van der Waals surface area contributed by atoms with Gasteiger partial charge in [0, 0.05) is 23.4 Å². The highest BCUT2D eigenvalue weighted by atomic mass is 32.2. The fourth-order valence-corrected chi connectivity index (χ4v) is 5.67. The zero-order chi connectivity index (χ0) is 21.3. The quantitative estimate of drug-likeness (QED) is 0.683. The molecule has 0 saturated heterocycles. The smallest absolute Gasteiger partial charge is 0.219 e. The van der Waals surface area contributed by atoms with Crippen molar-refractivity contribution in [2.24, 2.45) is 5.73 Å². The SMILES string of the molecule is CCCSc1nnc(N2C(N)=C(C#N)C(c3cccc(F)c3)C3=C2CCCC3=O)s1. The predicted molar refractivity (Wildman–Crippen MR) is 115 cm³/mol. The van der Waals surface area contributed by atoms with Crippen LogP contribution < -0.4 is 10.6 Å². The summed E-state index contributed by atoms with van der Waals surface area (Å²) < 4.78 is 14.8. The Morgan fingerprint density at radius 2 is 2.23 bits per heavy atom. The Labute approximate surface area is 182 Å². The van der Waals surface area contributed by atoms with Gasteiger partial charge in [0.1, 0.15) is 11.6 Å². The van der Waals surface area contributed by atoms with Crippen LogP contribution in [-0.4, -0.2) is 21.7 Å². The van der Waals surface area contributed by atoms with Gasteiger partial charge >= 0.3 is 0 Å². The van der Waals surface area contributed by atoms with E-state index < -0.39 is 11.7 Å². The molecular weight excluding hydrogens is 421 g/mol. The molecule has 1 aromatic carbocycles. The predicted octanol–water partition coefficient (Wildman–Crippen LogP) is 4.48. The van der Waals surface area contributed by atoms with E-state index in [1.165, 1.54) is 23.5 Å². The maximum Gasteiger partial charge on any atom is 0.219 e. The van der Waals surface area contributed by atoms with Crippen molar-refractivity contribution >= 4 is 34.0 Å². The number of nitriles is 1. The van der Waals surface area contributed by atoms with Crippen LogP contribution in [0.4, 0.5) is 9.52 Å². The Kier molecular flexibility index (Phi) is 5.88. The number of carbonyl (C=O) groups excluding carboxylic acids is 1. The lowest BCUT2D eigenvalue weighted by Crippen LogP contribution is -2.38. The summed E-state index contributed by atoms with van der Waals surface area (Å²) in [6.45, 7) is 2.09. The first kappa shape index (κ1) is 20.6. The van der Waals surface area contributed by atoms with Gasteiger partial charge < -0.3 is 5.73 Å². The molecule has 0 bridgehead atoms. The van der Waals surface area contributed by atoms with Gasteiger partial charge in [-0.1, -0.05) is 42.2 Å². The summed E-state index contributed by atoms with van der Waals surface area (Å²) in [5.74, 6) is 0.0195. The topological polar surface area (TPSA) is 95.9 Å². The van der Waals surface area contributed by atoms with E-state index in [-0.39, 0.29) is 17.2 Å². The Morgan fingerprint density at radius 1 is 1.40 bits per heavy atom.